The number of aliphatic hydroxyl groups is 24. The van der Waals surface area contributed by atoms with E-state index in [9.17, 15) is 123 Å². The third kappa shape index (κ3) is 18.0. The molecule has 10 aliphatic heterocycles. The highest BCUT2D eigenvalue weighted by Gasteiger charge is 2.62. The number of rotatable bonds is 27. The molecule has 0 aromatic rings. The van der Waals surface area contributed by atoms with Gasteiger partial charge in [-0.25, -0.2) is 0 Å². The van der Waals surface area contributed by atoms with E-state index in [1.54, 1.807) is 6.92 Å². The summed E-state index contributed by atoms with van der Waals surface area (Å²) < 4.78 is 108. The van der Waals surface area contributed by atoms with Crippen molar-refractivity contribution in [3.8, 4) is 0 Å². The minimum absolute atomic E-state index is 0.118. The first-order valence-corrected chi connectivity index (χ1v) is 35.0. The SMILES string of the molecule is CCCO[C@H]1C(CO)O[C@@H](C(C)(C)O[C@@H]2C(O)[C@H](O)CO[C@@H]2OCC2O[C@@H](O[C@@H]3C(CO)O[C@]4(CCN4)C(O)C3O)C(O)C(O)[C@@H]2O[C@@H]2OC(CO[C@H]3OC[C@@H](O)C(O)C3OC(C)(C)[C@@H]3OC(CO)[C@H](O)C(O)C3O)[C@@H](O[C@@H]3OC(CO[C@H]4OC[C@@H](O)C(O)C4O)[C@@H](O)C(O)C3O)[C@H](O)C2O)C(O)C1O. The quantitative estimate of drug-likeness (QED) is 0.0363. The van der Waals surface area contributed by atoms with Gasteiger partial charge in [0.2, 0.25) is 0 Å². The van der Waals surface area contributed by atoms with Gasteiger partial charge in [0.15, 0.2) is 37.7 Å². The van der Waals surface area contributed by atoms with Gasteiger partial charge < -0.3 is 208 Å². The topological polar surface area (TPSA) is 664 Å². The van der Waals surface area contributed by atoms with Gasteiger partial charge in [0.05, 0.1) is 70.7 Å². The van der Waals surface area contributed by atoms with Crippen molar-refractivity contribution < 1.29 is 208 Å². The van der Waals surface area contributed by atoms with Crippen molar-refractivity contribution >= 4 is 0 Å². The molecule has 1 spiro atoms. The maximum atomic E-state index is 12.4. The highest BCUT2D eigenvalue weighted by Crippen LogP contribution is 2.42. The average Bonchev–Trinajstić information content (AvgIpc) is 0.751. The van der Waals surface area contributed by atoms with E-state index >= 15 is 0 Å². The summed E-state index contributed by atoms with van der Waals surface area (Å²) in [6, 6.07) is 0. The second-order valence-corrected chi connectivity index (χ2v) is 29.2. The molecular weight excluding hydrogens is 1430 g/mol. The summed E-state index contributed by atoms with van der Waals surface area (Å²) >= 11 is 0. The fourth-order valence-corrected chi connectivity index (χ4v) is 14.6. The lowest BCUT2D eigenvalue weighted by Crippen LogP contribution is -2.76. The Hall–Kier alpha value is -1.72. The van der Waals surface area contributed by atoms with Gasteiger partial charge in [-0.2, -0.15) is 0 Å². The van der Waals surface area contributed by atoms with Crippen LogP contribution in [0.25, 0.3) is 0 Å². The van der Waals surface area contributed by atoms with Crippen LogP contribution in [0, 0.1) is 0 Å². The van der Waals surface area contributed by atoms with Crippen molar-refractivity contribution in [3.05, 3.63) is 0 Å². The smallest absolute Gasteiger partial charge is 0.187 e. The Morgan fingerprint density at radius 3 is 1.18 bits per heavy atom. The van der Waals surface area contributed by atoms with Crippen molar-refractivity contribution in [3.63, 3.8) is 0 Å². The molecule has 0 aromatic heterocycles. The van der Waals surface area contributed by atoms with E-state index in [1.165, 1.54) is 27.7 Å². The molecule has 22 unspecified atom stereocenters. The van der Waals surface area contributed by atoms with Gasteiger partial charge >= 0.3 is 0 Å². The second kappa shape index (κ2) is 35.8. The van der Waals surface area contributed by atoms with Gasteiger partial charge in [-0.3, -0.25) is 5.32 Å². The van der Waals surface area contributed by atoms with Crippen molar-refractivity contribution in [1.29, 1.82) is 0 Å². The fourth-order valence-electron chi connectivity index (χ4n) is 14.6. The predicted octanol–water partition coefficient (Wildman–Crippen LogP) is -15.3. The average molecular weight is 1540 g/mol. The van der Waals surface area contributed by atoms with Crippen LogP contribution in [0.1, 0.15) is 47.5 Å². The first kappa shape index (κ1) is 85.7. The molecular formula is C62H107NO42. The number of aliphatic hydroxyl groups excluding tert-OH is 24. The first-order chi connectivity index (χ1) is 49.5. The Bertz CT molecular complexity index is 2660. The molecule has 10 fully saturated rings. The van der Waals surface area contributed by atoms with Gasteiger partial charge in [-0.15, -0.1) is 0 Å². The van der Waals surface area contributed by atoms with Gasteiger partial charge in [0, 0.05) is 19.6 Å². The Morgan fingerprint density at radius 1 is 0.352 bits per heavy atom. The van der Waals surface area contributed by atoms with E-state index in [4.69, 9.17) is 85.3 Å². The molecule has 42 atom stereocenters. The molecule has 0 bridgehead atoms. The van der Waals surface area contributed by atoms with Crippen molar-refractivity contribution in [2.75, 3.05) is 72.6 Å². The van der Waals surface area contributed by atoms with Crippen LogP contribution < -0.4 is 5.32 Å². The van der Waals surface area contributed by atoms with Crippen LogP contribution in [0.5, 0.6) is 0 Å². The van der Waals surface area contributed by atoms with E-state index < -0.39 is 328 Å². The summed E-state index contributed by atoms with van der Waals surface area (Å²) in [7, 11) is 0. The maximum absolute atomic E-state index is 12.4. The van der Waals surface area contributed by atoms with Gasteiger partial charge in [0.25, 0.3) is 0 Å². The van der Waals surface area contributed by atoms with Crippen LogP contribution in [-0.2, 0) is 85.3 Å². The Morgan fingerprint density at radius 2 is 0.724 bits per heavy atom. The lowest BCUT2D eigenvalue weighted by Gasteiger charge is -2.55. The summed E-state index contributed by atoms with van der Waals surface area (Å²) in [5.41, 5.74) is -5.21. The lowest BCUT2D eigenvalue weighted by molar-refractivity contribution is -0.396. The zero-order valence-corrected chi connectivity index (χ0v) is 57.9. The molecule has 105 heavy (non-hydrogen) atoms. The van der Waals surface area contributed by atoms with Crippen LogP contribution in [0.2, 0.25) is 0 Å². The molecule has 0 saturated carbocycles. The Balaban J connectivity index is 0.946. The summed E-state index contributed by atoms with van der Waals surface area (Å²) in [6.07, 6.45) is -76.1. The van der Waals surface area contributed by atoms with Crippen LogP contribution in [0.3, 0.4) is 0 Å². The predicted molar refractivity (Wildman–Crippen MR) is 331 cm³/mol. The second-order valence-electron chi connectivity index (χ2n) is 29.2. The monoisotopic (exact) mass is 1540 g/mol. The standard InChI is InChI=1S/C62H107NO42/c1-6-9-88-45-23(11-65)96-53(39(81)35(45)77)61(4,5)105-50-30(72)21(69)15-91-59(50)94-18-27-48(36(78)42(84)56(98-27)100-46-24(12-66)103-62(7-8-63-62)51(87)44(46)86)102-57-43(85)37(79)47(101-55-41(83)34(76)32(74)25(97-55)16-92-54-40(82)28(70)19(67)13-89-54)26(99-57)17-93-58-49(29(71)20(68)14-90-58)104-60(2,3)52-38(80)33(75)31(73)22(10-64)95-52/h19-59,63-87H,6-18H2,1-5H3/t19-,20-,21-,22?,23?,24?,25?,26?,27?,28?,29?,30?,31+,32-,33?,34?,35?,36?,37-,38?,39?,40?,41?,42?,43?,44?,45+,46-,47-,48-,49?,50-,51?,52-,53-,54-,55+,56+,57+,58-,59-,62-/m1/s1. The van der Waals surface area contributed by atoms with Gasteiger partial charge in [0.1, 0.15) is 219 Å². The highest BCUT2D eigenvalue weighted by atomic mass is 16.8. The normalized spacial score (nSPS) is 51.1. The molecule has 0 aliphatic carbocycles. The summed E-state index contributed by atoms with van der Waals surface area (Å²) in [4.78, 5) is 0. The number of hydrogen-bond acceptors (Lipinski definition) is 43. The number of nitrogens with one attached hydrogen (secondary N) is 1. The zero-order chi connectivity index (χ0) is 76.8. The van der Waals surface area contributed by atoms with Gasteiger partial charge in [-0.1, -0.05) is 6.92 Å². The molecule has 10 heterocycles. The van der Waals surface area contributed by atoms with Crippen molar-refractivity contribution in [2.24, 2.45) is 0 Å². The molecule has 10 saturated heterocycles. The maximum Gasteiger partial charge on any atom is 0.187 e. The first-order valence-electron chi connectivity index (χ1n) is 35.0. The summed E-state index contributed by atoms with van der Waals surface area (Å²) in [5, 5.41) is 270. The van der Waals surface area contributed by atoms with Crippen molar-refractivity contribution in [2.45, 2.75) is 316 Å². The molecule has 0 aromatic carbocycles. The minimum Gasteiger partial charge on any atom is -0.394 e. The van der Waals surface area contributed by atoms with Crippen LogP contribution in [0.15, 0.2) is 0 Å². The van der Waals surface area contributed by atoms with E-state index in [-0.39, 0.29) is 13.0 Å². The number of ether oxygens (including phenoxy) is 18. The van der Waals surface area contributed by atoms with E-state index in [0.717, 1.165) is 0 Å². The fraction of sp³-hybridized carbons (Fsp3) is 1.00. The lowest BCUT2D eigenvalue weighted by atomic mass is 9.84. The van der Waals surface area contributed by atoms with E-state index in [2.05, 4.69) is 5.32 Å². The third-order valence-electron chi connectivity index (χ3n) is 20.9. The van der Waals surface area contributed by atoms with Gasteiger partial charge in [-0.05, 0) is 34.1 Å². The third-order valence-corrected chi connectivity index (χ3v) is 20.9. The molecule has 43 nitrogen and oxygen atoms in total. The largest absolute Gasteiger partial charge is 0.394 e. The highest BCUT2D eigenvalue weighted by molar-refractivity contribution is 5.08. The van der Waals surface area contributed by atoms with Crippen molar-refractivity contribution in [1.82, 2.24) is 5.32 Å². The summed E-state index contributed by atoms with van der Waals surface area (Å²) in [5.74, 6) is 0. The molecule has 612 valence electrons. The van der Waals surface area contributed by atoms with E-state index in [0.29, 0.717) is 13.0 Å². The molecule has 10 aliphatic rings. The Kier molecular flexibility index (Phi) is 29.2. The Labute approximate surface area is 600 Å². The van der Waals surface area contributed by atoms with Crippen LogP contribution >= 0.6 is 0 Å². The molecule has 25 N–H and O–H groups in total. The number of hydrogen-bond donors (Lipinski definition) is 25. The van der Waals surface area contributed by atoms with Crippen LogP contribution in [0.4, 0.5) is 0 Å². The molecule has 0 radical (unpaired) electrons. The molecule has 10 rings (SSSR count). The zero-order valence-electron chi connectivity index (χ0n) is 57.9. The molecule has 0 amide bonds. The minimum atomic E-state index is -2.44. The molecule has 43 heteroatoms. The summed E-state index contributed by atoms with van der Waals surface area (Å²) in [6.45, 7) is 0.562. The van der Waals surface area contributed by atoms with E-state index in [1.807, 2.05) is 0 Å². The van der Waals surface area contributed by atoms with Crippen LogP contribution in [-0.4, -0.2) is 463 Å².